The number of methoxy groups -OCH3 is 1. The standard InChI is InChI=1S/C10H11F3.C10H14O/c1-2-5-8-6-3-4-7-9(8)10(11,12)13;1-3-6-9-7-4-5-8-10(9)11-2/h3-4,6-7H,2,5H2,1H3;4-5,7-8H,3,6H2,1-2H3. The Hall–Kier alpha value is -1.97. The first-order valence-corrected chi connectivity index (χ1v) is 8.21. The highest BCUT2D eigenvalue weighted by Gasteiger charge is 2.32. The second kappa shape index (κ2) is 10.0. The van der Waals surface area contributed by atoms with Gasteiger partial charge in [0.25, 0.3) is 0 Å². The number of halogens is 3. The number of aryl methyl sites for hydroxylation is 2. The van der Waals surface area contributed by atoms with Gasteiger partial charge in [0.15, 0.2) is 0 Å². The lowest BCUT2D eigenvalue weighted by Crippen LogP contribution is -2.08. The summed E-state index contributed by atoms with van der Waals surface area (Å²) in [5, 5.41) is 0. The molecule has 0 radical (unpaired) electrons. The maximum Gasteiger partial charge on any atom is 0.416 e. The molecule has 0 unspecified atom stereocenters. The molecule has 0 aromatic heterocycles. The van der Waals surface area contributed by atoms with Crippen LogP contribution in [0.4, 0.5) is 13.2 Å². The SMILES string of the molecule is CCCc1ccccc1C(F)(F)F.CCCc1ccccc1OC. The monoisotopic (exact) mass is 338 g/mol. The summed E-state index contributed by atoms with van der Waals surface area (Å²) in [6, 6.07) is 13.9. The van der Waals surface area contributed by atoms with Gasteiger partial charge < -0.3 is 4.74 Å². The lowest BCUT2D eigenvalue weighted by Gasteiger charge is -2.11. The van der Waals surface area contributed by atoms with Gasteiger partial charge in [-0.2, -0.15) is 13.2 Å². The van der Waals surface area contributed by atoms with E-state index in [4.69, 9.17) is 4.74 Å². The van der Waals surface area contributed by atoms with Gasteiger partial charge in [-0.1, -0.05) is 63.1 Å². The largest absolute Gasteiger partial charge is 0.496 e. The Balaban J connectivity index is 0.000000243. The molecule has 24 heavy (non-hydrogen) atoms. The van der Waals surface area contributed by atoms with Crippen molar-refractivity contribution in [3.63, 3.8) is 0 Å². The van der Waals surface area contributed by atoms with E-state index in [0.29, 0.717) is 12.0 Å². The molecule has 0 amide bonds. The van der Waals surface area contributed by atoms with E-state index in [0.717, 1.165) is 24.7 Å². The predicted molar refractivity (Wildman–Crippen MR) is 92.4 cm³/mol. The molecule has 0 heterocycles. The van der Waals surface area contributed by atoms with Crippen molar-refractivity contribution in [3.05, 3.63) is 65.2 Å². The molecule has 2 aromatic rings. The van der Waals surface area contributed by atoms with Crippen LogP contribution in [0.25, 0.3) is 0 Å². The number of hydrogen-bond acceptors (Lipinski definition) is 1. The molecule has 2 rings (SSSR count). The average molecular weight is 338 g/mol. The third-order valence-electron chi connectivity index (χ3n) is 3.55. The van der Waals surface area contributed by atoms with Gasteiger partial charge in [0.1, 0.15) is 5.75 Å². The van der Waals surface area contributed by atoms with Crippen molar-refractivity contribution < 1.29 is 17.9 Å². The molecule has 0 fully saturated rings. The van der Waals surface area contributed by atoms with Crippen molar-refractivity contribution in [1.82, 2.24) is 0 Å². The molecule has 0 saturated heterocycles. The van der Waals surface area contributed by atoms with Crippen LogP contribution in [0.3, 0.4) is 0 Å². The summed E-state index contributed by atoms with van der Waals surface area (Å²) in [5.74, 6) is 1.01. The minimum atomic E-state index is -4.22. The Morgan fingerprint density at radius 1 is 0.792 bits per heavy atom. The van der Waals surface area contributed by atoms with Crippen molar-refractivity contribution in [2.24, 2.45) is 0 Å². The van der Waals surface area contributed by atoms with Crippen molar-refractivity contribution in [1.29, 1.82) is 0 Å². The van der Waals surface area contributed by atoms with Gasteiger partial charge in [0.05, 0.1) is 12.7 Å². The van der Waals surface area contributed by atoms with E-state index in [1.54, 1.807) is 13.2 Å². The van der Waals surface area contributed by atoms with E-state index in [1.807, 2.05) is 25.1 Å². The summed E-state index contributed by atoms with van der Waals surface area (Å²) >= 11 is 0. The zero-order valence-corrected chi connectivity index (χ0v) is 14.5. The molecule has 0 aliphatic heterocycles. The molecule has 0 saturated carbocycles. The van der Waals surface area contributed by atoms with E-state index in [1.165, 1.54) is 24.1 Å². The number of alkyl halides is 3. The lowest BCUT2D eigenvalue weighted by atomic mass is 10.0. The predicted octanol–water partition coefficient (Wildman–Crippen LogP) is 6.31. The Labute approximate surface area is 142 Å². The Kier molecular flexibility index (Phi) is 8.37. The fourth-order valence-electron chi connectivity index (χ4n) is 2.46. The highest BCUT2D eigenvalue weighted by molar-refractivity contribution is 5.33. The highest BCUT2D eigenvalue weighted by Crippen LogP contribution is 2.32. The molecule has 0 aliphatic carbocycles. The second-order valence-electron chi connectivity index (χ2n) is 5.47. The van der Waals surface area contributed by atoms with E-state index >= 15 is 0 Å². The second-order valence-corrected chi connectivity index (χ2v) is 5.47. The van der Waals surface area contributed by atoms with Crippen LogP contribution in [0.2, 0.25) is 0 Å². The average Bonchev–Trinajstić information content (AvgIpc) is 2.56. The van der Waals surface area contributed by atoms with Crippen LogP contribution in [0, 0.1) is 0 Å². The molecular weight excluding hydrogens is 313 g/mol. The molecular formula is C20H25F3O. The summed E-state index contributed by atoms with van der Waals surface area (Å²) in [4.78, 5) is 0. The Morgan fingerprint density at radius 3 is 1.83 bits per heavy atom. The van der Waals surface area contributed by atoms with E-state index in [2.05, 4.69) is 13.0 Å². The number of rotatable bonds is 5. The summed E-state index contributed by atoms with van der Waals surface area (Å²) in [6.07, 6.45) is -0.737. The molecule has 1 nitrogen and oxygen atoms in total. The van der Waals surface area contributed by atoms with Crippen LogP contribution in [-0.4, -0.2) is 7.11 Å². The van der Waals surface area contributed by atoms with Crippen LogP contribution in [0.15, 0.2) is 48.5 Å². The van der Waals surface area contributed by atoms with Crippen molar-refractivity contribution in [2.75, 3.05) is 7.11 Å². The topological polar surface area (TPSA) is 9.23 Å². The highest BCUT2D eigenvalue weighted by atomic mass is 19.4. The first kappa shape index (κ1) is 20.1. The first-order chi connectivity index (χ1) is 11.4. The molecule has 0 atom stereocenters. The van der Waals surface area contributed by atoms with Crippen molar-refractivity contribution >= 4 is 0 Å². The number of para-hydroxylation sites is 1. The zero-order chi connectivity index (χ0) is 18.0. The minimum Gasteiger partial charge on any atom is -0.496 e. The third kappa shape index (κ3) is 6.26. The van der Waals surface area contributed by atoms with E-state index in [-0.39, 0.29) is 0 Å². The Bertz CT molecular complexity index is 606. The van der Waals surface area contributed by atoms with E-state index < -0.39 is 11.7 Å². The van der Waals surface area contributed by atoms with Crippen LogP contribution in [0.1, 0.15) is 43.4 Å². The van der Waals surface area contributed by atoms with Gasteiger partial charge >= 0.3 is 6.18 Å². The van der Waals surface area contributed by atoms with Crippen molar-refractivity contribution in [3.8, 4) is 5.75 Å². The van der Waals surface area contributed by atoms with Gasteiger partial charge in [-0.3, -0.25) is 0 Å². The summed E-state index contributed by atoms with van der Waals surface area (Å²) < 4.78 is 42.3. The molecule has 2 aromatic carbocycles. The van der Waals surface area contributed by atoms with Gasteiger partial charge in [-0.05, 0) is 36.1 Å². The van der Waals surface area contributed by atoms with Gasteiger partial charge in [-0.15, -0.1) is 0 Å². The smallest absolute Gasteiger partial charge is 0.416 e. The van der Waals surface area contributed by atoms with E-state index in [9.17, 15) is 13.2 Å². The van der Waals surface area contributed by atoms with Crippen LogP contribution in [-0.2, 0) is 19.0 Å². The van der Waals surface area contributed by atoms with Crippen LogP contribution >= 0.6 is 0 Å². The third-order valence-corrected chi connectivity index (χ3v) is 3.55. The number of ether oxygens (including phenoxy) is 1. The van der Waals surface area contributed by atoms with Gasteiger partial charge in [-0.25, -0.2) is 0 Å². The van der Waals surface area contributed by atoms with Crippen LogP contribution in [0.5, 0.6) is 5.75 Å². The first-order valence-electron chi connectivity index (χ1n) is 8.21. The minimum absolute atomic E-state index is 0.387. The quantitative estimate of drug-likeness (QED) is 0.621. The van der Waals surface area contributed by atoms with Gasteiger partial charge in [0, 0.05) is 0 Å². The molecule has 0 aliphatic rings. The van der Waals surface area contributed by atoms with Crippen LogP contribution < -0.4 is 4.74 Å². The zero-order valence-electron chi connectivity index (χ0n) is 14.5. The maximum atomic E-state index is 12.4. The van der Waals surface area contributed by atoms with Gasteiger partial charge in [0.2, 0.25) is 0 Å². The molecule has 132 valence electrons. The summed E-state index contributed by atoms with van der Waals surface area (Å²) in [7, 11) is 1.72. The number of benzene rings is 2. The summed E-state index contributed by atoms with van der Waals surface area (Å²) in [6.45, 7) is 4.04. The molecule has 0 N–H and O–H groups in total. The fourth-order valence-corrected chi connectivity index (χ4v) is 2.46. The molecule has 4 heteroatoms. The summed E-state index contributed by atoms with van der Waals surface area (Å²) in [5.41, 5.74) is 1.19. The molecule has 0 spiro atoms. The lowest BCUT2D eigenvalue weighted by molar-refractivity contribution is -0.138. The Morgan fingerprint density at radius 2 is 1.29 bits per heavy atom. The maximum absolute atomic E-state index is 12.4. The normalized spacial score (nSPS) is 10.8. The number of hydrogen-bond donors (Lipinski definition) is 0. The fraction of sp³-hybridized carbons (Fsp3) is 0.400. The van der Waals surface area contributed by atoms with Crippen molar-refractivity contribution in [2.45, 2.75) is 45.7 Å². The molecule has 0 bridgehead atoms.